The van der Waals surface area contributed by atoms with Crippen LogP contribution < -0.4 is 5.32 Å². The standard InChI is InChI=1S/C14H14N2O3S/c1-9(17)16-14-15-8-12(20-14)7-10-4-3-5-11(6-10)13(18)19-2/h3-6,8H,7H2,1-2H3,(H,15,16,17). The van der Waals surface area contributed by atoms with E-state index in [1.807, 2.05) is 12.1 Å². The smallest absolute Gasteiger partial charge is 0.337 e. The molecule has 0 bridgehead atoms. The van der Waals surface area contributed by atoms with E-state index in [-0.39, 0.29) is 11.9 Å². The average Bonchev–Trinajstić information content (AvgIpc) is 2.84. The normalized spacial score (nSPS) is 10.1. The molecule has 0 fully saturated rings. The third-order valence-electron chi connectivity index (χ3n) is 2.56. The van der Waals surface area contributed by atoms with Crippen molar-refractivity contribution in [2.75, 3.05) is 12.4 Å². The quantitative estimate of drug-likeness (QED) is 0.878. The first kappa shape index (κ1) is 14.2. The Labute approximate surface area is 120 Å². The van der Waals surface area contributed by atoms with E-state index in [0.717, 1.165) is 10.4 Å². The fourth-order valence-corrected chi connectivity index (χ4v) is 2.62. The fraction of sp³-hybridized carbons (Fsp3) is 0.214. The van der Waals surface area contributed by atoms with Gasteiger partial charge in [0.2, 0.25) is 5.91 Å². The molecule has 0 unspecified atom stereocenters. The molecule has 1 aromatic heterocycles. The molecular formula is C14H14N2O3S. The van der Waals surface area contributed by atoms with Crippen LogP contribution in [-0.2, 0) is 16.0 Å². The van der Waals surface area contributed by atoms with E-state index in [1.165, 1.54) is 25.4 Å². The first-order valence-corrected chi connectivity index (χ1v) is 6.79. The summed E-state index contributed by atoms with van der Waals surface area (Å²) in [6.45, 7) is 1.45. The highest BCUT2D eigenvalue weighted by molar-refractivity contribution is 7.15. The Kier molecular flexibility index (Phi) is 4.47. The Morgan fingerprint density at radius 1 is 1.40 bits per heavy atom. The number of methoxy groups -OCH3 is 1. The molecule has 0 aliphatic rings. The van der Waals surface area contributed by atoms with E-state index in [1.54, 1.807) is 18.3 Å². The maximum atomic E-state index is 11.5. The molecule has 1 heterocycles. The summed E-state index contributed by atoms with van der Waals surface area (Å²) >= 11 is 1.42. The molecule has 0 saturated carbocycles. The molecule has 2 aromatic rings. The molecule has 2 rings (SSSR count). The summed E-state index contributed by atoms with van der Waals surface area (Å²) in [7, 11) is 1.36. The summed E-state index contributed by atoms with van der Waals surface area (Å²) < 4.78 is 4.69. The first-order valence-electron chi connectivity index (χ1n) is 5.98. The van der Waals surface area contributed by atoms with Gasteiger partial charge in [0, 0.05) is 24.4 Å². The maximum absolute atomic E-state index is 11.5. The van der Waals surface area contributed by atoms with Crippen LogP contribution in [0.3, 0.4) is 0 Å². The topological polar surface area (TPSA) is 68.3 Å². The molecule has 104 valence electrons. The van der Waals surface area contributed by atoms with Crippen molar-refractivity contribution in [3.63, 3.8) is 0 Å². The van der Waals surface area contributed by atoms with Gasteiger partial charge in [-0.15, -0.1) is 11.3 Å². The molecule has 0 radical (unpaired) electrons. The molecule has 1 amide bonds. The SMILES string of the molecule is COC(=O)c1cccc(Cc2cnc(NC(C)=O)s2)c1. The second-order valence-electron chi connectivity index (χ2n) is 4.18. The zero-order valence-electron chi connectivity index (χ0n) is 11.2. The van der Waals surface area contributed by atoms with Gasteiger partial charge in [-0.2, -0.15) is 0 Å². The zero-order valence-corrected chi connectivity index (χ0v) is 12.0. The lowest BCUT2D eigenvalue weighted by molar-refractivity contribution is -0.114. The van der Waals surface area contributed by atoms with E-state index in [2.05, 4.69) is 10.3 Å². The molecule has 0 aliphatic carbocycles. The number of hydrogen-bond donors (Lipinski definition) is 1. The van der Waals surface area contributed by atoms with E-state index in [0.29, 0.717) is 17.1 Å². The van der Waals surface area contributed by atoms with Gasteiger partial charge in [-0.05, 0) is 17.7 Å². The van der Waals surface area contributed by atoms with Gasteiger partial charge in [-0.3, -0.25) is 4.79 Å². The van der Waals surface area contributed by atoms with E-state index < -0.39 is 0 Å². The van der Waals surface area contributed by atoms with Crippen LogP contribution in [0.2, 0.25) is 0 Å². The molecule has 0 spiro atoms. The highest BCUT2D eigenvalue weighted by Crippen LogP contribution is 2.21. The van der Waals surface area contributed by atoms with Gasteiger partial charge in [0.25, 0.3) is 0 Å². The van der Waals surface area contributed by atoms with Gasteiger partial charge in [-0.25, -0.2) is 9.78 Å². The van der Waals surface area contributed by atoms with Crippen molar-refractivity contribution in [3.8, 4) is 0 Å². The molecule has 0 atom stereocenters. The van der Waals surface area contributed by atoms with Crippen LogP contribution in [-0.4, -0.2) is 24.0 Å². The van der Waals surface area contributed by atoms with Crippen LogP contribution in [0, 0.1) is 0 Å². The molecule has 0 saturated heterocycles. The molecular weight excluding hydrogens is 276 g/mol. The number of anilines is 1. The average molecular weight is 290 g/mol. The van der Waals surface area contributed by atoms with Gasteiger partial charge < -0.3 is 10.1 Å². The second kappa shape index (κ2) is 6.29. The predicted molar refractivity (Wildman–Crippen MR) is 77.0 cm³/mol. The summed E-state index contributed by atoms with van der Waals surface area (Å²) in [4.78, 5) is 27.5. The van der Waals surface area contributed by atoms with Crippen LogP contribution in [0.25, 0.3) is 0 Å². The number of benzene rings is 1. The van der Waals surface area contributed by atoms with Crippen molar-refractivity contribution in [2.24, 2.45) is 0 Å². The Hall–Kier alpha value is -2.21. The van der Waals surface area contributed by atoms with E-state index in [9.17, 15) is 9.59 Å². The summed E-state index contributed by atoms with van der Waals surface area (Å²) in [6.07, 6.45) is 2.38. The van der Waals surface area contributed by atoms with Crippen molar-refractivity contribution < 1.29 is 14.3 Å². The van der Waals surface area contributed by atoms with Crippen molar-refractivity contribution in [1.29, 1.82) is 0 Å². The number of nitrogens with one attached hydrogen (secondary N) is 1. The number of carbonyl (C=O) groups excluding carboxylic acids is 2. The minimum absolute atomic E-state index is 0.140. The number of thiazole rings is 1. The molecule has 1 aromatic carbocycles. The summed E-state index contributed by atoms with van der Waals surface area (Å²) in [6, 6.07) is 7.26. The number of aromatic nitrogens is 1. The Bertz CT molecular complexity index is 637. The maximum Gasteiger partial charge on any atom is 0.337 e. The number of ether oxygens (including phenoxy) is 1. The summed E-state index contributed by atoms with van der Waals surface area (Å²) in [5.41, 5.74) is 1.52. The summed E-state index contributed by atoms with van der Waals surface area (Å²) in [5, 5.41) is 3.22. The predicted octanol–water partition coefficient (Wildman–Crippen LogP) is 2.48. The second-order valence-corrected chi connectivity index (χ2v) is 5.30. The minimum atomic E-state index is -0.352. The van der Waals surface area contributed by atoms with E-state index >= 15 is 0 Å². The monoisotopic (exact) mass is 290 g/mol. The van der Waals surface area contributed by atoms with Gasteiger partial charge in [-0.1, -0.05) is 12.1 Å². The fourth-order valence-electron chi connectivity index (χ4n) is 1.72. The molecule has 6 heteroatoms. The number of nitrogens with zero attached hydrogens (tertiary/aromatic N) is 1. The Morgan fingerprint density at radius 2 is 2.20 bits per heavy atom. The van der Waals surface area contributed by atoms with Crippen molar-refractivity contribution >= 4 is 28.3 Å². The van der Waals surface area contributed by atoms with Crippen molar-refractivity contribution in [3.05, 3.63) is 46.5 Å². The molecule has 0 aliphatic heterocycles. The van der Waals surface area contributed by atoms with Crippen LogP contribution in [0.5, 0.6) is 0 Å². The van der Waals surface area contributed by atoms with Crippen LogP contribution in [0.15, 0.2) is 30.5 Å². The molecule has 5 nitrogen and oxygen atoms in total. The lowest BCUT2D eigenvalue weighted by Crippen LogP contribution is -2.04. The number of esters is 1. The van der Waals surface area contributed by atoms with Gasteiger partial charge in [0.05, 0.1) is 12.7 Å². The Morgan fingerprint density at radius 3 is 2.90 bits per heavy atom. The minimum Gasteiger partial charge on any atom is -0.465 e. The number of amides is 1. The lowest BCUT2D eigenvalue weighted by atomic mass is 10.1. The molecule has 20 heavy (non-hydrogen) atoms. The highest BCUT2D eigenvalue weighted by Gasteiger charge is 2.08. The van der Waals surface area contributed by atoms with Crippen LogP contribution in [0.4, 0.5) is 5.13 Å². The number of hydrogen-bond acceptors (Lipinski definition) is 5. The van der Waals surface area contributed by atoms with Crippen LogP contribution >= 0.6 is 11.3 Å². The number of carbonyl (C=O) groups is 2. The number of rotatable bonds is 4. The third kappa shape index (κ3) is 3.64. The highest BCUT2D eigenvalue weighted by atomic mass is 32.1. The van der Waals surface area contributed by atoms with Gasteiger partial charge in [0.15, 0.2) is 5.13 Å². The van der Waals surface area contributed by atoms with Crippen molar-refractivity contribution in [2.45, 2.75) is 13.3 Å². The first-order chi connectivity index (χ1) is 9.58. The van der Waals surface area contributed by atoms with Crippen molar-refractivity contribution in [1.82, 2.24) is 4.98 Å². The van der Waals surface area contributed by atoms with Gasteiger partial charge in [0.1, 0.15) is 0 Å². The van der Waals surface area contributed by atoms with E-state index in [4.69, 9.17) is 4.74 Å². The zero-order chi connectivity index (χ0) is 14.5. The van der Waals surface area contributed by atoms with Gasteiger partial charge >= 0.3 is 5.97 Å². The largest absolute Gasteiger partial charge is 0.465 e. The lowest BCUT2D eigenvalue weighted by Gasteiger charge is -2.02. The third-order valence-corrected chi connectivity index (χ3v) is 3.48. The molecule has 1 N–H and O–H groups in total. The summed E-state index contributed by atoms with van der Waals surface area (Å²) in [5.74, 6) is -0.492. The van der Waals surface area contributed by atoms with Crippen LogP contribution in [0.1, 0.15) is 27.7 Å². The Balaban J connectivity index is 2.11.